The Morgan fingerprint density at radius 2 is 2.55 bits per heavy atom. The van der Waals surface area contributed by atoms with Crippen molar-refractivity contribution in [1.82, 2.24) is 5.32 Å². The second-order valence-electron chi connectivity index (χ2n) is 3.26. The van der Waals surface area contributed by atoms with E-state index < -0.39 is 0 Å². The average Bonchev–Trinajstić information content (AvgIpc) is 2.37. The molecule has 1 heteroatoms. The lowest BCUT2D eigenvalue weighted by Crippen LogP contribution is -2.22. The van der Waals surface area contributed by atoms with Gasteiger partial charge in [0, 0.05) is 11.7 Å². The molecule has 1 rings (SSSR count). The smallest absolute Gasteiger partial charge is 0.0326 e. The molecule has 1 nitrogen and oxygen atoms in total. The molecule has 1 heterocycles. The van der Waals surface area contributed by atoms with Crippen molar-refractivity contribution in [3.05, 3.63) is 23.9 Å². The summed E-state index contributed by atoms with van der Waals surface area (Å²) in [6.07, 6.45) is 5.96. The molecule has 0 aliphatic carbocycles. The summed E-state index contributed by atoms with van der Waals surface area (Å²) in [6, 6.07) is 0.673. The standard InChI is InChI=1S/C10H17N/c1-4-5-9-6-7-10(11-9)8(2)3/h7,9,11H,2,4-6H2,1,3H3. The van der Waals surface area contributed by atoms with Crippen molar-refractivity contribution in [2.45, 2.75) is 39.2 Å². The first kappa shape index (κ1) is 8.38. The summed E-state index contributed by atoms with van der Waals surface area (Å²) in [7, 11) is 0. The summed E-state index contributed by atoms with van der Waals surface area (Å²) in [4.78, 5) is 0. The van der Waals surface area contributed by atoms with E-state index in [0.29, 0.717) is 6.04 Å². The van der Waals surface area contributed by atoms with Gasteiger partial charge in [0.25, 0.3) is 0 Å². The van der Waals surface area contributed by atoms with E-state index in [-0.39, 0.29) is 0 Å². The fourth-order valence-electron chi connectivity index (χ4n) is 1.43. The number of nitrogens with one attached hydrogen (secondary N) is 1. The molecular weight excluding hydrogens is 134 g/mol. The van der Waals surface area contributed by atoms with Crippen LogP contribution in [-0.4, -0.2) is 6.04 Å². The maximum absolute atomic E-state index is 3.90. The van der Waals surface area contributed by atoms with Crippen molar-refractivity contribution in [3.63, 3.8) is 0 Å². The lowest BCUT2D eigenvalue weighted by molar-refractivity contribution is 0.558. The molecule has 0 fully saturated rings. The summed E-state index contributed by atoms with van der Waals surface area (Å²) in [6.45, 7) is 8.17. The molecule has 0 radical (unpaired) electrons. The largest absolute Gasteiger partial charge is 0.382 e. The first-order valence-corrected chi connectivity index (χ1v) is 4.36. The Balaban J connectivity index is 2.37. The lowest BCUT2D eigenvalue weighted by atomic mass is 10.1. The van der Waals surface area contributed by atoms with Crippen LogP contribution in [0.1, 0.15) is 33.1 Å². The average molecular weight is 151 g/mol. The summed E-state index contributed by atoms with van der Waals surface area (Å²) in [5, 5.41) is 3.45. The summed E-state index contributed by atoms with van der Waals surface area (Å²) < 4.78 is 0. The van der Waals surface area contributed by atoms with Crippen LogP contribution in [0.15, 0.2) is 23.9 Å². The second-order valence-corrected chi connectivity index (χ2v) is 3.26. The molecule has 1 aliphatic heterocycles. The predicted molar refractivity (Wildman–Crippen MR) is 49.3 cm³/mol. The van der Waals surface area contributed by atoms with Crippen LogP contribution < -0.4 is 5.32 Å². The van der Waals surface area contributed by atoms with Gasteiger partial charge in [-0.3, -0.25) is 0 Å². The van der Waals surface area contributed by atoms with Crippen molar-refractivity contribution in [2.75, 3.05) is 0 Å². The minimum Gasteiger partial charge on any atom is -0.382 e. The van der Waals surface area contributed by atoms with Crippen molar-refractivity contribution in [3.8, 4) is 0 Å². The SMILES string of the molecule is C=C(C)C1=CCC(CCC)N1. The van der Waals surface area contributed by atoms with Crippen LogP contribution in [-0.2, 0) is 0 Å². The van der Waals surface area contributed by atoms with Crippen LogP contribution in [0, 0.1) is 0 Å². The second kappa shape index (κ2) is 3.61. The van der Waals surface area contributed by atoms with Crippen LogP contribution in [0.2, 0.25) is 0 Å². The highest BCUT2D eigenvalue weighted by Crippen LogP contribution is 2.17. The predicted octanol–water partition coefficient (Wildman–Crippen LogP) is 2.61. The van der Waals surface area contributed by atoms with Crippen molar-refractivity contribution in [1.29, 1.82) is 0 Å². The van der Waals surface area contributed by atoms with Gasteiger partial charge in [-0.25, -0.2) is 0 Å². The van der Waals surface area contributed by atoms with E-state index in [1.807, 2.05) is 6.92 Å². The Hall–Kier alpha value is -0.720. The first-order valence-electron chi connectivity index (χ1n) is 4.36. The maximum atomic E-state index is 3.90. The van der Waals surface area contributed by atoms with Crippen molar-refractivity contribution >= 4 is 0 Å². The molecule has 1 unspecified atom stereocenters. The fourth-order valence-corrected chi connectivity index (χ4v) is 1.43. The minimum atomic E-state index is 0.673. The zero-order valence-electron chi connectivity index (χ0n) is 7.48. The molecule has 0 saturated carbocycles. The van der Waals surface area contributed by atoms with Gasteiger partial charge >= 0.3 is 0 Å². The van der Waals surface area contributed by atoms with E-state index >= 15 is 0 Å². The van der Waals surface area contributed by atoms with Gasteiger partial charge in [-0.05, 0) is 25.3 Å². The number of rotatable bonds is 3. The minimum absolute atomic E-state index is 0.673. The van der Waals surface area contributed by atoms with Crippen molar-refractivity contribution in [2.24, 2.45) is 0 Å². The number of hydrogen-bond acceptors (Lipinski definition) is 1. The molecule has 0 bridgehead atoms. The van der Waals surface area contributed by atoms with Gasteiger partial charge < -0.3 is 5.32 Å². The fraction of sp³-hybridized carbons (Fsp3) is 0.600. The van der Waals surface area contributed by atoms with E-state index in [0.717, 1.165) is 5.57 Å². The van der Waals surface area contributed by atoms with Crippen LogP contribution in [0.25, 0.3) is 0 Å². The van der Waals surface area contributed by atoms with Gasteiger partial charge in [-0.15, -0.1) is 0 Å². The van der Waals surface area contributed by atoms with Gasteiger partial charge in [-0.2, -0.15) is 0 Å². The van der Waals surface area contributed by atoms with Crippen LogP contribution in [0.5, 0.6) is 0 Å². The highest BCUT2D eigenvalue weighted by atomic mass is 14.9. The van der Waals surface area contributed by atoms with Gasteiger partial charge in [0.15, 0.2) is 0 Å². The van der Waals surface area contributed by atoms with Crippen LogP contribution >= 0.6 is 0 Å². The number of hydrogen-bond donors (Lipinski definition) is 1. The Morgan fingerprint density at radius 1 is 1.82 bits per heavy atom. The van der Waals surface area contributed by atoms with E-state index in [1.165, 1.54) is 25.0 Å². The molecule has 0 saturated heterocycles. The van der Waals surface area contributed by atoms with Crippen LogP contribution in [0.3, 0.4) is 0 Å². The van der Waals surface area contributed by atoms with Crippen molar-refractivity contribution < 1.29 is 0 Å². The summed E-state index contributed by atoms with van der Waals surface area (Å²) in [5.41, 5.74) is 2.41. The maximum Gasteiger partial charge on any atom is 0.0326 e. The first-order chi connectivity index (χ1) is 5.24. The Labute approximate surface area is 69.2 Å². The molecule has 0 aromatic carbocycles. The zero-order chi connectivity index (χ0) is 8.27. The molecule has 11 heavy (non-hydrogen) atoms. The van der Waals surface area contributed by atoms with E-state index in [4.69, 9.17) is 0 Å². The topological polar surface area (TPSA) is 12.0 Å². The van der Waals surface area contributed by atoms with E-state index in [2.05, 4.69) is 24.9 Å². The van der Waals surface area contributed by atoms with Gasteiger partial charge in [-0.1, -0.05) is 26.0 Å². The molecule has 0 amide bonds. The zero-order valence-corrected chi connectivity index (χ0v) is 7.48. The van der Waals surface area contributed by atoms with Gasteiger partial charge in [0.1, 0.15) is 0 Å². The number of allylic oxidation sites excluding steroid dienone is 1. The lowest BCUT2D eigenvalue weighted by Gasteiger charge is -2.11. The third kappa shape index (κ3) is 2.11. The van der Waals surface area contributed by atoms with E-state index in [1.54, 1.807) is 0 Å². The van der Waals surface area contributed by atoms with Gasteiger partial charge in [0.05, 0.1) is 0 Å². The quantitative estimate of drug-likeness (QED) is 0.653. The Kier molecular flexibility index (Phi) is 2.75. The Bertz CT molecular complexity index is 179. The highest BCUT2D eigenvalue weighted by molar-refractivity contribution is 5.28. The van der Waals surface area contributed by atoms with E-state index in [9.17, 15) is 0 Å². The molecule has 62 valence electrons. The third-order valence-corrected chi connectivity index (χ3v) is 2.06. The molecular formula is C10H17N. The van der Waals surface area contributed by atoms with Gasteiger partial charge in [0.2, 0.25) is 0 Å². The summed E-state index contributed by atoms with van der Waals surface area (Å²) in [5.74, 6) is 0. The molecule has 1 atom stereocenters. The third-order valence-electron chi connectivity index (χ3n) is 2.06. The monoisotopic (exact) mass is 151 g/mol. The normalized spacial score (nSPS) is 22.7. The van der Waals surface area contributed by atoms with Crippen LogP contribution in [0.4, 0.5) is 0 Å². The molecule has 0 spiro atoms. The molecule has 1 aliphatic rings. The molecule has 1 N–H and O–H groups in total. The summed E-state index contributed by atoms with van der Waals surface area (Å²) >= 11 is 0. The molecule has 0 aromatic heterocycles. The Morgan fingerprint density at radius 3 is 3.00 bits per heavy atom. The highest BCUT2D eigenvalue weighted by Gasteiger charge is 2.13. The molecule has 0 aromatic rings.